The maximum absolute atomic E-state index is 13.2. The molecule has 0 aliphatic carbocycles. The molecule has 3 heterocycles. The third-order valence-corrected chi connectivity index (χ3v) is 4.54. The van der Waals surface area contributed by atoms with Gasteiger partial charge in [0.2, 0.25) is 0 Å². The second kappa shape index (κ2) is 5.30. The van der Waals surface area contributed by atoms with Crippen molar-refractivity contribution < 1.29 is 13.6 Å². The summed E-state index contributed by atoms with van der Waals surface area (Å²) in [5.41, 5.74) is -0.0120. The van der Waals surface area contributed by atoms with E-state index in [-0.39, 0.29) is 16.6 Å². The van der Waals surface area contributed by atoms with Gasteiger partial charge in [0.05, 0.1) is 10.6 Å². The van der Waals surface area contributed by atoms with E-state index < -0.39 is 17.5 Å². The zero-order valence-electron chi connectivity index (χ0n) is 10.8. The molecule has 0 radical (unpaired) electrons. The number of carbonyl (C=O) groups is 1. The molecule has 0 unspecified atom stereocenters. The van der Waals surface area contributed by atoms with Crippen LogP contribution in [0.1, 0.15) is 23.2 Å². The van der Waals surface area contributed by atoms with Crippen molar-refractivity contribution in [3.8, 4) is 0 Å². The molecule has 3 nitrogen and oxygen atoms in total. The Labute approximate surface area is 120 Å². The van der Waals surface area contributed by atoms with Crippen LogP contribution >= 0.6 is 11.6 Å². The van der Waals surface area contributed by atoms with Crippen LogP contribution in [0.15, 0.2) is 12.1 Å². The summed E-state index contributed by atoms with van der Waals surface area (Å²) in [6, 6.07) is 1.76. The first-order valence-electron chi connectivity index (χ1n) is 6.72. The van der Waals surface area contributed by atoms with Gasteiger partial charge in [0.25, 0.3) is 5.91 Å². The third kappa shape index (κ3) is 2.52. The van der Waals surface area contributed by atoms with Crippen molar-refractivity contribution in [2.24, 2.45) is 5.92 Å². The molecule has 1 aromatic carbocycles. The minimum absolute atomic E-state index is 0.0120. The minimum Gasteiger partial charge on any atom is -0.348 e. The van der Waals surface area contributed by atoms with Crippen molar-refractivity contribution in [1.82, 2.24) is 10.2 Å². The largest absolute Gasteiger partial charge is 0.348 e. The molecule has 1 atom stereocenters. The van der Waals surface area contributed by atoms with E-state index >= 15 is 0 Å². The topological polar surface area (TPSA) is 32.3 Å². The van der Waals surface area contributed by atoms with E-state index in [1.54, 1.807) is 0 Å². The lowest BCUT2D eigenvalue weighted by molar-refractivity contribution is 0.0620. The smallest absolute Gasteiger partial charge is 0.253 e. The predicted octanol–water partition coefficient (Wildman–Crippen LogP) is 2.44. The van der Waals surface area contributed by atoms with Crippen LogP contribution in [0.2, 0.25) is 5.02 Å². The number of carbonyl (C=O) groups excluding carboxylic acids is 1. The van der Waals surface area contributed by atoms with E-state index in [2.05, 4.69) is 10.2 Å². The third-order valence-electron chi connectivity index (χ3n) is 4.23. The van der Waals surface area contributed by atoms with Gasteiger partial charge in [-0.25, -0.2) is 8.78 Å². The van der Waals surface area contributed by atoms with Crippen LogP contribution in [0.5, 0.6) is 0 Å². The molecule has 4 rings (SSSR count). The Balaban J connectivity index is 1.75. The Kier molecular flexibility index (Phi) is 3.65. The van der Waals surface area contributed by atoms with Crippen LogP contribution < -0.4 is 5.32 Å². The van der Waals surface area contributed by atoms with E-state index in [0.717, 1.165) is 44.6 Å². The van der Waals surface area contributed by atoms with Crippen molar-refractivity contribution >= 4 is 17.5 Å². The molecule has 108 valence electrons. The Morgan fingerprint density at radius 3 is 2.50 bits per heavy atom. The molecule has 6 heteroatoms. The minimum atomic E-state index is -1.06. The fraction of sp³-hybridized carbons (Fsp3) is 0.500. The summed E-state index contributed by atoms with van der Waals surface area (Å²) < 4.78 is 26.2. The quantitative estimate of drug-likeness (QED) is 0.851. The molecule has 3 fully saturated rings. The maximum Gasteiger partial charge on any atom is 0.253 e. The number of hydrogen-bond donors (Lipinski definition) is 1. The second-order valence-electron chi connectivity index (χ2n) is 5.46. The maximum atomic E-state index is 13.2. The van der Waals surface area contributed by atoms with Crippen LogP contribution in [0, 0.1) is 17.6 Å². The number of rotatable bonds is 2. The zero-order chi connectivity index (χ0) is 14.3. The van der Waals surface area contributed by atoms with Crippen LogP contribution in [0.25, 0.3) is 0 Å². The van der Waals surface area contributed by atoms with E-state index in [1.165, 1.54) is 0 Å². The zero-order valence-corrected chi connectivity index (χ0v) is 11.6. The highest BCUT2D eigenvalue weighted by Crippen LogP contribution is 2.28. The van der Waals surface area contributed by atoms with Gasteiger partial charge in [0.15, 0.2) is 11.6 Å². The Hall–Kier alpha value is -1.20. The number of benzene rings is 1. The number of nitrogens with one attached hydrogen (secondary N) is 1. The first kappa shape index (κ1) is 13.8. The lowest BCUT2D eigenvalue weighted by Gasteiger charge is -2.44. The van der Waals surface area contributed by atoms with Crippen molar-refractivity contribution in [3.05, 3.63) is 34.4 Å². The van der Waals surface area contributed by atoms with Gasteiger partial charge in [-0.3, -0.25) is 4.79 Å². The van der Waals surface area contributed by atoms with E-state index in [4.69, 9.17) is 11.6 Å². The van der Waals surface area contributed by atoms with Gasteiger partial charge in [-0.2, -0.15) is 0 Å². The summed E-state index contributed by atoms with van der Waals surface area (Å²) in [5.74, 6) is -2.08. The molecule has 0 spiro atoms. The van der Waals surface area contributed by atoms with E-state index in [1.807, 2.05) is 0 Å². The van der Waals surface area contributed by atoms with Crippen LogP contribution in [0.3, 0.4) is 0 Å². The first-order valence-corrected chi connectivity index (χ1v) is 7.10. The van der Waals surface area contributed by atoms with Gasteiger partial charge in [0.1, 0.15) is 0 Å². The van der Waals surface area contributed by atoms with E-state index in [9.17, 15) is 13.6 Å². The van der Waals surface area contributed by atoms with Crippen molar-refractivity contribution in [2.45, 2.75) is 18.9 Å². The normalized spacial score (nSPS) is 28.4. The summed E-state index contributed by atoms with van der Waals surface area (Å²) >= 11 is 5.82. The number of fused-ring (bicyclic) bond motifs is 3. The van der Waals surface area contributed by atoms with Gasteiger partial charge in [-0.1, -0.05) is 11.6 Å². The average molecular weight is 301 g/mol. The second-order valence-corrected chi connectivity index (χ2v) is 5.87. The lowest BCUT2D eigenvalue weighted by Crippen LogP contribution is -2.57. The molecule has 2 bridgehead atoms. The van der Waals surface area contributed by atoms with Crippen LogP contribution in [-0.4, -0.2) is 36.5 Å². The summed E-state index contributed by atoms with van der Waals surface area (Å²) in [6.45, 7) is 2.96. The van der Waals surface area contributed by atoms with Gasteiger partial charge in [0, 0.05) is 12.6 Å². The van der Waals surface area contributed by atoms with Crippen molar-refractivity contribution in [1.29, 1.82) is 0 Å². The van der Waals surface area contributed by atoms with Crippen molar-refractivity contribution in [3.63, 3.8) is 0 Å². The summed E-state index contributed by atoms with van der Waals surface area (Å²) in [6.07, 6.45) is 2.13. The molecule has 3 aliphatic heterocycles. The molecule has 20 heavy (non-hydrogen) atoms. The number of hydrogen-bond acceptors (Lipinski definition) is 2. The summed E-state index contributed by atoms with van der Waals surface area (Å²) in [7, 11) is 0. The molecular weight excluding hydrogens is 286 g/mol. The highest BCUT2D eigenvalue weighted by molar-refractivity contribution is 6.33. The molecular formula is C14H15ClF2N2O. The standard InChI is InChI=1S/C14H15ClF2N2O/c15-10-6-12(17)11(16)5-9(10)14(20)18-13-7-19-3-1-8(13)2-4-19/h5-6,8,13H,1-4,7H2,(H,18,20)/t13-/m0/s1. The molecule has 1 aromatic rings. The van der Waals surface area contributed by atoms with Gasteiger partial charge in [-0.05, 0) is 44.0 Å². The average Bonchev–Trinajstić information content (AvgIpc) is 2.44. The van der Waals surface area contributed by atoms with Gasteiger partial charge >= 0.3 is 0 Å². The van der Waals surface area contributed by atoms with Gasteiger partial charge in [-0.15, -0.1) is 0 Å². The summed E-state index contributed by atoms with van der Waals surface area (Å²) in [4.78, 5) is 14.5. The highest BCUT2D eigenvalue weighted by Gasteiger charge is 2.35. The number of halogens is 3. The summed E-state index contributed by atoms with van der Waals surface area (Å²) in [5, 5.41) is 2.83. The van der Waals surface area contributed by atoms with Crippen LogP contribution in [-0.2, 0) is 0 Å². The highest BCUT2D eigenvalue weighted by atomic mass is 35.5. The first-order chi connectivity index (χ1) is 9.54. The Morgan fingerprint density at radius 1 is 1.25 bits per heavy atom. The number of amides is 1. The van der Waals surface area contributed by atoms with Gasteiger partial charge < -0.3 is 10.2 Å². The number of nitrogens with zero attached hydrogens (tertiary/aromatic N) is 1. The molecule has 3 saturated heterocycles. The van der Waals surface area contributed by atoms with Crippen molar-refractivity contribution in [2.75, 3.05) is 19.6 Å². The molecule has 1 N–H and O–H groups in total. The molecule has 1 amide bonds. The molecule has 3 aliphatic rings. The Morgan fingerprint density at radius 2 is 1.90 bits per heavy atom. The SMILES string of the molecule is O=C(N[C@H]1CN2CCC1CC2)c1cc(F)c(F)cc1Cl. The lowest BCUT2D eigenvalue weighted by atomic mass is 9.84. The van der Waals surface area contributed by atoms with E-state index in [0.29, 0.717) is 5.92 Å². The molecule has 0 saturated carbocycles. The Bertz CT molecular complexity index is 544. The fourth-order valence-corrected chi connectivity index (χ4v) is 3.31. The monoisotopic (exact) mass is 300 g/mol. The molecule has 0 aromatic heterocycles. The number of piperidine rings is 3. The predicted molar refractivity (Wildman–Crippen MR) is 71.8 cm³/mol. The van der Waals surface area contributed by atoms with Crippen LogP contribution in [0.4, 0.5) is 8.78 Å². The fourth-order valence-electron chi connectivity index (χ4n) is 3.07.